The van der Waals surface area contributed by atoms with Crippen LogP contribution in [-0.4, -0.2) is 18.1 Å². The lowest BCUT2D eigenvalue weighted by molar-refractivity contribution is -0.137. The van der Waals surface area contributed by atoms with E-state index in [0.717, 1.165) is 17.7 Å². The Bertz CT molecular complexity index is 812. The number of nitrogens with zero attached hydrogens (tertiary/aromatic N) is 1. The van der Waals surface area contributed by atoms with Gasteiger partial charge in [0.15, 0.2) is 5.96 Å². The van der Waals surface area contributed by atoms with E-state index in [9.17, 15) is 17.6 Å². The van der Waals surface area contributed by atoms with Gasteiger partial charge in [-0.2, -0.15) is 13.2 Å². The molecule has 0 saturated carbocycles. The molecule has 0 aliphatic rings. The second kappa shape index (κ2) is 10.6. The van der Waals surface area contributed by atoms with Crippen molar-refractivity contribution < 1.29 is 22.7 Å². The molecule has 9 heteroatoms. The zero-order valence-electron chi connectivity index (χ0n) is 15.3. The Morgan fingerprint density at radius 1 is 1.18 bits per heavy atom. The number of nitrogens with one attached hydrogen (secondary N) is 2. The fourth-order valence-corrected chi connectivity index (χ4v) is 2.51. The first-order chi connectivity index (χ1) is 12.7. The van der Waals surface area contributed by atoms with Crippen molar-refractivity contribution in [1.29, 1.82) is 0 Å². The topological polar surface area (TPSA) is 56.7 Å². The lowest BCUT2D eigenvalue weighted by Crippen LogP contribution is -2.38. The third-order valence-electron chi connectivity index (χ3n) is 4.03. The van der Waals surface area contributed by atoms with Crippen LogP contribution in [0.1, 0.15) is 35.2 Å². The highest BCUT2D eigenvalue weighted by atomic mass is 127. The predicted molar refractivity (Wildman–Crippen MR) is 111 cm³/mol. The first kappa shape index (κ1) is 24.2. The molecule has 2 aromatic carbocycles. The number of aliphatic hydroxyl groups excluding tert-OH is 1. The van der Waals surface area contributed by atoms with Gasteiger partial charge in [0.2, 0.25) is 0 Å². The molecule has 0 spiro atoms. The van der Waals surface area contributed by atoms with Crippen molar-refractivity contribution in [3.05, 3.63) is 70.5 Å². The summed E-state index contributed by atoms with van der Waals surface area (Å²) in [5, 5.41) is 15.1. The number of alkyl halides is 3. The van der Waals surface area contributed by atoms with Crippen molar-refractivity contribution in [3.63, 3.8) is 0 Å². The van der Waals surface area contributed by atoms with Crippen LogP contribution in [0.15, 0.2) is 47.5 Å². The van der Waals surface area contributed by atoms with Crippen LogP contribution in [0.25, 0.3) is 0 Å². The summed E-state index contributed by atoms with van der Waals surface area (Å²) in [6.45, 7) is 1.63. The molecule has 0 bridgehead atoms. The third-order valence-corrected chi connectivity index (χ3v) is 4.03. The van der Waals surface area contributed by atoms with Gasteiger partial charge >= 0.3 is 6.18 Å². The lowest BCUT2D eigenvalue weighted by atomic mass is 10.1. The van der Waals surface area contributed by atoms with Crippen LogP contribution in [0.3, 0.4) is 0 Å². The van der Waals surface area contributed by atoms with Crippen molar-refractivity contribution in [1.82, 2.24) is 10.6 Å². The van der Waals surface area contributed by atoms with Gasteiger partial charge in [0.1, 0.15) is 5.82 Å². The van der Waals surface area contributed by atoms with Gasteiger partial charge in [0.25, 0.3) is 0 Å². The van der Waals surface area contributed by atoms with Crippen molar-refractivity contribution in [2.75, 3.05) is 7.05 Å². The molecule has 154 valence electrons. The van der Waals surface area contributed by atoms with E-state index in [1.807, 2.05) is 0 Å². The van der Waals surface area contributed by atoms with Gasteiger partial charge in [-0.05, 0) is 42.3 Å². The van der Waals surface area contributed by atoms with Crippen molar-refractivity contribution in [3.8, 4) is 0 Å². The lowest BCUT2D eigenvalue weighted by Gasteiger charge is -2.19. The molecular weight excluding hydrogens is 489 g/mol. The molecule has 1 unspecified atom stereocenters. The largest absolute Gasteiger partial charge is 0.416 e. The van der Waals surface area contributed by atoms with E-state index in [2.05, 4.69) is 15.6 Å². The first-order valence-electron chi connectivity index (χ1n) is 8.27. The molecule has 0 saturated heterocycles. The zero-order valence-corrected chi connectivity index (χ0v) is 17.7. The molecule has 1 atom stereocenters. The Balaban J connectivity index is 0.00000392. The number of hydrogen-bond donors (Lipinski definition) is 3. The van der Waals surface area contributed by atoms with Crippen LogP contribution >= 0.6 is 24.0 Å². The number of hydrogen-bond acceptors (Lipinski definition) is 2. The molecular formula is C19H22F4IN3O. The van der Waals surface area contributed by atoms with Crippen molar-refractivity contribution >= 4 is 29.9 Å². The Morgan fingerprint density at radius 3 is 2.50 bits per heavy atom. The molecule has 2 aromatic rings. The van der Waals surface area contributed by atoms with Crippen LogP contribution < -0.4 is 10.6 Å². The number of guanidine groups is 1. The van der Waals surface area contributed by atoms with Gasteiger partial charge in [0.05, 0.1) is 18.2 Å². The SMILES string of the molecule is CN=C(NCc1ccc(F)c(CO)c1)NC(C)c1cccc(C(F)(F)F)c1.I. The maximum Gasteiger partial charge on any atom is 0.416 e. The first-order valence-corrected chi connectivity index (χ1v) is 8.27. The van der Waals surface area contributed by atoms with E-state index < -0.39 is 30.2 Å². The average molecular weight is 511 g/mol. The Labute approximate surface area is 178 Å². The molecule has 0 aliphatic carbocycles. The van der Waals surface area contributed by atoms with Gasteiger partial charge in [-0.25, -0.2) is 4.39 Å². The van der Waals surface area contributed by atoms with E-state index >= 15 is 0 Å². The minimum absolute atomic E-state index is 0. The Kier molecular flexibility index (Phi) is 9.15. The standard InChI is InChI=1S/C19H21F4N3O.HI/c1-12(14-4-3-5-16(9-14)19(21,22)23)26-18(24-2)25-10-13-6-7-17(20)15(8-13)11-27;/h3-9,12,27H,10-11H2,1-2H3,(H2,24,25,26);1H. The van der Waals surface area contributed by atoms with E-state index in [1.54, 1.807) is 19.1 Å². The highest BCUT2D eigenvalue weighted by molar-refractivity contribution is 14.0. The van der Waals surface area contributed by atoms with Crippen molar-refractivity contribution in [2.45, 2.75) is 32.3 Å². The second-order valence-corrected chi connectivity index (χ2v) is 6.00. The molecule has 2 rings (SSSR count). The summed E-state index contributed by atoms with van der Waals surface area (Å²) < 4.78 is 52.0. The molecule has 0 fully saturated rings. The summed E-state index contributed by atoms with van der Waals surface area (Å²) in [5.74, 6) is -0.100. The summed E-state index contributed by atoms with van der Waals surface area (Å²) in [5.41, 5.74) is 0.682. The molecule has 0 aliphatic heterocycles. The number of halogens is 5. The minimum Gasteiger partial charge on any atom is -0.392 e. The van der Waals surface area contributed by atoms with Crippen LogP contribution in [0.2, 0.25) is 0 Å². The summed E-state index contributed by atoms with van der Waals surface area (Å²) in [6, 6.07) is 9.05. The zero-order chi connectivity index (χ0) is 20.0. The summed E-state index contributed by atoms with van der Waals surface area (Å²) in [6.07, 6.45) is -4.40. The van der Waals surface area contributed by atoms with Gasteiger partial charge in [-0.1, -0.05) is 18.2 Å². The molecule has 3 N–H and O–H groups in total. The molecule has 0 heterocycles. The van der Waals surface area contributed by atoms with E-state index in [0.29, 0.717) is 18.1 Å². The quantitative estimate of drug-likeness (QED) is 0.242. The predicted octanol–water partition coefficient (Wildman–Crippen LogP) is 4.38. The van der Waals surface area contributed by atoms with Crippen LogP contribution in [0.5, 0.6) is 0 Å². The van der Waals surface area contributed by atoms with Crippen LogP contribution in [-0.2, 0) is 19.3 Å². The maximum atomic E-state index is 13.4. The molecule has 4 nitrogen and oxygen atoms in total. The number of aliphatic imine (C=N–C) groups is 1. The summed E-state index contributed by atoms with van der Waals surface area (Å²) in [4.78, 5) is 4.05. The third kappa shape index (κ3) is 6.62. The highest BCUT2D eigenvalue weighted by Gasteiger charge is 2.30. The van der Waals surface area contributed by atoms with Crippen LogP contribution in [0.4, 0.5) is 17.6 Å². The van der Waals surface area contributed by atoms with E-state index in [1.165, 1.54) is 25.2 Å². The highest BCUT2D eigenvalue weighted by Crippen LogP contribution is 2.30. The Hall–Kier alpha value is -1.88. The second-order valence-electron chi connectivity index (χ2n) is 6.00. The fraction of sp³-hybridized carbons (Fsp3) is 0.316. The molecule has 0 amide bonds. The Morgan fingerprint density at radius 2 is 1.89 bits per heavy atom. The number of rotatable bonds is 5. The van der Waals surface area contributed by atoms with Crippen molar-refractivity contribution in [2.24, 2.45) is 4.99 Å². The fourth-order valence-electron chi connectivity index (χ4n) is 2.51. The minimum atomic E-state index is -4.40. The van der Waals surface area contributed by atoms with Crippen LogP contribution in [0, 0.1) is 5.82 Å². The molecule has 0 radical (unpaired) electrons. The summed E-state index contributed by atoms with van der Waals surface area (Å²) in [7, 11) is 1.54. The normalized spacial score (nSPS) is 12.9. The van der Waals surface area contributed by atoms with Gasteiger partial charge in [0, 0.05) is 19.2 Å². The number of aliphatic hydroxyl groups is 1. The molecule has 28 heavy (non-hydrogen) atoms. The van der Waals surface area contributed by atoms with Gasteiger partial charge in [-0.15, -0.1) is 24.0 Å². The summed E-state index contributed by atoms with van der Waals surface area (Å²) >= 11 is 0. The van der Waals surface area contributed by atoms with Gasteiger partial charge < -0.3 is 15.7 Å². The smallest absolute Gasteiger partial charge is 0.392 e. The van der Waals surface area contributed by atoms with E-state index in [-0.39, 0.29) is 29.5 Å². The van der Waals surface area contributed by atoms with E-state index in [4.69, 9.17) is 5.11 Å². The molecule has 0 aromatic heterocycles. The van der Waals surface area contributed by atoms with Gasteiger partial charge in [-0.3, -0.25) is 4.99 Å². The number of benzene rings is 2. The average Bonchev–Trinajstić information content (AvgIpc) is 2.65. The monoisotopic (exact) mass is 511 g/mol. The maximum absolute atomic E-state index is 13.4.